The molecule has 1 aromatic rings. The third-order valence-electron chi connectivity index (χ3n) is 0.619. The Hall–Kier alpha value is -1.05. The van der Waals surface area contributed by atoms with Crippen molar-refractivity contribution in [2.45, 2.75) is 0 Å². The van der Waals surface area contributed by atoms with Crippen molar-refractivity contribution in [2.24, 2.45) is 0 Å². The Kier molecular flexibility index (Phi) is 0.689. The van der Waals surface area contributed by atoms with E-state index in [1.165, 1.54) is 12.3 Å². The molecule has 2 nitrogen and oxygen atoms in total. The first-order chi connectivity index (χ1) is 3.84. The molecule has 0 radical (unpaired) electrons. The number of carbonyl (C=O) groups excluding carboxylic acids is 1. The quantitative estimate of drug-likeness (QED) is 0.491. The van der Waals surface area contributed by atoms with E-state index in [1.807, 2.05) is 0 Å². The lowest BCUT2D eigenvalue weighted by Crippen LogP contribution is -1.65. The van der Waals surface area contributed by atoms with E-state index in [9.17, 15) is 4.79 Å². The van der Waals surface area contributed by atoms with E-state index in [0.717, 1.165) is 0 Å². The minimum atomic E-state index is -0.0694. The van der Waals surface area contributed by atoms with Crippen molar-refractivity contribution in [1.82, 2.24) is 0 Å². The first kappa shape index (κ1) is 3.02. The summed E-state index contributed by atoms with van der Waals surface area (Å²) in [4.78, 5) is 9.91. The van der Waals surface area contributed by atoms with Gasteiger partial charge in [-0.05, 0) is 6.07 Å². The molecule has 0 saturated heterocycles. The van der Waals surface area contributed by atoms with Crippen LogP contribution in [0.2, 0.25) is 0 Å². The largest absolute Gasteiger partial charge is 0.472 e. The summed E-state index contributed by atoms with van der Waals surface area (Å²) >= 11 is 0. The summed E-state index contributed by atoms with van der Waals surface area (Å²) in [7, 11) is 0. The molecule has 0 aliphatic rings. The molecule has 0 spiro atoms. The molecule has 0 fully saturated rings. The molecular weight excluding hydrogens is 92.1 g/mol. The molecule has 0 aliphatic carbocycles. The van der Waals surface area contributed by atoms with Crippen LogP contribution in [0.3, 0.4) is 0 Å². The van der Waals surface area contributed by atoms with Gasteiger partial charge in [0.15, 0.2) is 6.29 Å². The van der Waals surface area contributed by atoms with Crippen molar-refractivity contribution < 1.29 is 10.6 Å². The zero-order valence-corrected chi connectivity index (χ0v) is 3.55. The Bertz CT molecular complexity index is 192. The Morgan fingerprint density at radius 3 is 3.14 bits per heavy atom. The van der Waals surface area contributed by atoms with Crippen LogP contribution in [0.15, 0.2) is 23.0 Å². The maximum Gasteiger partial charge on any atom is 0.153 e. The Morgan fingerprint density at radius 2 is 2.86 bits per heavy atom. The van der Waals surface area contributed by atoms with Gasteiger partial charge in [-0.2, -0.15) is 0 Å². The van der Waals surface area contributed by atoms with Crippen LogP contribution >= 0.6 is 0 Å². The van der Waals surface area contributed by atoms with E-state index in [2.05, 4.69) is 4.42 Å². The summed E-state index contributed by atoms with van der Waals surface area (Å²) in [6.45, 7) is 0. The zero-order chi connectivity index (χ0) is 5.98. The SMILES string of the molecule is [2H]c1occc1C=O. The minimum absolute atomic E-state index is 0.0694. The van der Waals surface area contributed by atoms with Gasteiger partial charge in [0, 0.05) is 0 Å². The molecule has 1 rings (SSSR count). The molecule has 1 aromatic heterocycles. The van der Waals surface area contributed by atoms with E-state index in [4.69, 9.17) is 1.37 Å². The van der Waals surface area contributed by atoms with Crippen LogP contribution in [0, 0.1) is 0 Å². The van der Waals surface area contributed by atoms with Crippen molar-refractivity contribution in [2.75, 3.05) is 0 Å². The van der Waals surface area contributed by atoms with Crippen LogP contribution in [-0.2, 0) is 0 Å². The van der Waals surface area contributed by atoms with Gasteiger partial charge in [-0.25, -0.2) is 0 Å². The third-order valence-corrected chi connectivity index (χ3v) is 0.619. The van der Waals surface area contributed by atoms with Crippen LogP contribution in [0.1, 0.15) is 11.7 Å². The van der Waals surface area contributed by atoms with Gasteiger partial charge in [0.1, 0.15) is 7.61 Å². The zero-order valence-electron chi connectivity index (χ0n) is 4.55. The number of aldehydes is 1. The lowest BCUT2D eigenvalue weighted by atomic mass is 10.4. The van der Waals surface area contributed by atoms with Gasteiger partial charge >= 0.3 is 0 Å². The van der Waals surface area contributed by atoms with Gasteiger partial charge in [0.05, 0.1) is 11.8 Å². The molecule has 0 amide bonds. The van der Waals surface area contributed by atoms with Gasteiger partial charge in [0.25, 0.3) is 0 Å². The maximum atomic E-state index is 9.91. The number of furan rings is 1. The summed E-state index contributed by atoms with van der Waals surface area (Å²) in [6.07, 6.45) is 1.83. The fraction of sp³-hybridized carbons (Fsp3) is 0. The van der Waals surface area contributed by atoms with Gasteiger partial charge in [-0.15, -0.1) is 0 Å². The standard InChI is InChI=1S/C5H4O2/c6-3-5-1-2-7-4-5/h1-4H/i4D. The van der Waals surface area contributed by atoms with Crippen molar-refractivity contribution in [3.05, 3.63) is 24.1 Å². The molecule has 0 saturated carbocycles. The first-order valence-electron chi connectivity index (χ1n) is 2.34. The van der Waals surface area contributed by atoms with E-state index in [-0.39, 0.29) is 6.24 Å². The predicted molar refractivity (Wildman–Crippen MR) is 24.1 cm³/mol. The third kappa shape index (κ3) is 0.682. The molecule has 36 valence electrons. The summed E-state index contributed by atoms with van der Waals surface area (Å²) < 4.78 is 11.3. The fourth-order valence-corrected chi connectivity index (χ4v) is 0.307. The summed E-state index contributed by atoms with van der Waals surface area (Å²) in [5, 5.41) is 0. The molecule has 0 aromatic carbocycles. The average molecular weight is 97.1 g/mol. The molecular formula is C5H4O2. The monoisotopic (exact) mass is 97.0 g/mol. The molecule has 0 N–H and O–H groups in total. The van der Waals surface area contributed by atoms with Crippen molar-refractivity contribution >= 4 is 6.29 Å². The number of carbonyl (C=O) groups is 1. The Balaban J connectivity index is 3.09. The van der Waals surface area contributed by atoms with Crippen molar-refractivity contribution in [3.63, 3.8) is 0 Å². The average Bonchev–Trinajstić information content (AvgIpc) is 2.14. The highest BCUT2D eigenvalue weighted by Gasteiger charge is 1.84. The van der Waals surface area contributed by atoms with Crippen LogP contribution in [-0.4, -0.2) is 6.29 Å². The molecule has 2 heteroatoms. The minimum Gasteiger partial charge on any atom is -0.472 e. The van der Waals surface area contributed by atoms with Crippen LogP contribution in [0.5, 0.6) is 0 Å². The summed E-state index contributed by atoms with van der Waals surface area (Å²) in [5.74, 6) is 0. The highest BCUT2D eigenvalue weighted by atomic mass is 16.3. The second kappa shape index (κ2) is 1.60. The van der Waals surface area contributed by atoms with Crippen LogP contribution in [0.25, 0.3) is 0 Å². The number of hydrogen-bond acceptors (Lipinski definition) is 2. The van der Waals surface area contributed by atoms with E-state index < -0.39 is 0 Å². The van der Waals surface area contributed by atoms with Crippen molar-refractivity contribution in [3.8, 4) is 0 Å². The second-order valence-corrected chi connectivity index (χ2v) is 1.10. The van der Waals surface area contributed by atoms with E-state index >= 15 is 0 Å². The van der Waals surface area contributed by atoms with Gasteiger partial charge in [0.2, 0.25) is 0 Å². The Labute approximate surface area is 42.2 Å². The molecule has 1 heterocycles. The highest BCUT2D eigenvalue weighted by molar-refractivity contribution is 5.73. The fourth-order valence-electron chi connectivity index (χ4n) is 0.307. The summed E-state index contributed by atoms with van der Waals surface area (Å²) in [6, 6.07) is 1.45. The topological polar surface area (TPSA) is 30.2 Å². The highest BCUT2D eigenvalue weighted by Crippen LogP contribution is 1.92. The van der Waals surface area contributed by atoms with E-state index in [0.29, 0.717) is 11.8 Å². The predicted octanol–water partition coefficient (Wildman–Crippen LogP) is 1.09. The second-order valence-electron chi connectivity index (χ2n) is 1.10. The normalized spacial score (nSPS) is 10.6. The lowest BCUT2D eigenvalue weighted by molar-refractivity contribution is 0.112. The lowest BCUT2D eigenvalue weighted by Gasteiger charge is -1.64. The molecule has 7 heavy (non-hydrogen) atoms. The van der Waals surface area contributed by atoms with Gasteiger partial charge < -0.3 is 4.42 Å². The summed E-state index contributed by atoms with van der Waals surface area (Å²) in [5.41, 5.74) is 0.296. The van der Waals surface area contributed by atoms with Gasteiger partial charge in [-0.3, -0.25) is 4.79 Å². The van der Waals surface area contributed by atoms with E-state index in [1.54, 1.807) is 0 Å². The smallest absolute Gasteiger partial charge is 0.153 e. The van der Waals surface area contributed by atoms with Gasteiger partial charge in [-0.1, -0.05) is 0 Å². The first-order valence-corrected chi connectivity index (χ1v) is 1.84. The molecule has 0 bridgehead atoms. The number of rotatable bonds is 1. The molecule has 0 unspecified atom stereocenters. The molecule has 0 aliphatic heterocycles. The van der Waals surface area contributed by atoms with Crippen molar-refractivity contribution in [1.29, 1.82) is 0 Å². The number of hydrogen-bond donors (Lipinski definition) is 0. The molecule has 0 atom stereocenters. The van der Waals surface area contributed by atoms with Crippen LogP contribution in [0.4, 0.5) is 0 Å². The maximum absolute atomic E-state index is 9.91. The van der Waals surface area contributed by atoms with Crippen LogP contribution < -0.4 is 0 Å². The Morgan fingerprint density at radius 1 is 2.00 bits per heavy atom.